The summed E-state index contributed by atoms with van der Waals surface area (Å²) in [7, 11) is 0. The van der Waals surface area contributed by atoms with Crippen molar-refractivity contribution in [3.8, 4) is 0 Å². The second-order valence-corrected chi connectivity index (χ2v) is 5.57. The summed E-state index contributed by atoms with van der Waals surface area (Å²) in [6.07, 6.45) is 5.92. The fourth-order valence-corrected chi connectivity index (χ4v) is 2.61. The van der Waals surface area contributed by atoms with Crippen LogP contribution in [0.4, 0.5) is 5.69 Å². The number of morpholine rings is 1. The van der Waals surface area contributed by atoms with Crippen LogP contribution < -0.4 is 0 Å². The monoisotopic (exact) mass is 306 g/mol. The molecule has 118 valence electrons. The van der Waals surface area contributed by atoms with Crippen LogP contribution >= 0.6 is 0 Å². The van der Waals surface area contributed by atoms with Gasteiger partial charge in [0.1, 0.15) is 0 Å². The van der Waals surface area contributed by atoms with Crippen LogP contribution in [0.1, 0.15) is 11.1 Å². The molecule has 0 amide bonds. The van der Waals surface area contributed by atoms with Gasteiger partial charge >= 0.3 is 0 Å². The summed E-state index contributed by atoms with van der Waals surface area (Å²) in [4.78, 5) is 7.03. The minimum atomic E-state index is 0.825. The first-order valence-corrected chi connectivity index (χ1v) is 8.05. The summed E-state index contributed by atoms with van der Waals surface area (Å²) >= 11 is 0. The van der Waals surface area contributed by atoms with Gasteiger partial charge in [0, 0.05) is 25.8 Å². The van der Waals surface area contributed by atoms with Crippen molar-refractivity contribution >= 4 is 18.0 Å². The molecule has 1 heterocycles. The van der Waals surface area contributed by atoms with Crippen LogP contribution in [0.15, 0.2) is 65.7 Å². The van der Waals surface area contributed by atoms with Gasteiger partial charge in [-0.1, -0.05) is 54.6 Å². The normalized spacial score (nSPS) is 16.3. The molecule has 0 aromatic heterocycles. The van der Waals surface area contributed by atoms with Crippen molar-refractivity contribution in [2.75, 3.05) is 26.3 Å². The van der Waals surface area contributed by atoms with E-state index in [0.717, 1.165) is 38.5 Å². The van der Waals surface area contributed by atoms with E-state index >= 15 is 0 Å². The van der Waals surface area contributed by atoms with Crippen molar-refractivity contribution in [3.63, 3.8) is 0 Å². The summed E-state index contributed by atoms with van der Waals surface area (Å²) in [5.41, 5.74) is 3.48. The van der Waals surface area contributed by atoms with Crippen LogP contribution in [-0.2, 0) is 11.3 Å². The molecule has 0 saturated carbocycles. The van der Waals surface area contributed by atoms with Gasteiger partial charge in [-0.15, -0.1) is 0 Å². The molecule has 23 heavy (non-hydrogen) atoms. The SMILES string of the molecule is C(/C=C/c1ccccc1)=Nc1ccccc1CN1CCOCC1. The molecule has 0 spiro atoms. The van der Waals surface area contributed by atoms with Crippen LogP contribution in [0.3, 0.4) is 0 Å². The number of rotatable bonds is 5. The van der Waals surface area contributed by atoms with Crippen molar-refractivity contribution in [3.05, 3.63) is 71.8 Å². The van der Waals surface area contributed by atoms with E-state index in [1.807, 2.05) is 36.6 Å². The summed E-state index contributed by atoms with van der Waals surface area (Å²) in [6.45, 7) is 4.56. The molecule has 2 aromatic carbocycles. The predicted molar refractivity (Wildman–Crippen MR) is 96.2 cm³/mol. The maximum atomic E-state index is 5.41. The van der Waals surface area contributed by atoms with E-state index < -0.39 is 0 Å². The maximum absolute atomic E-state index is 5.41. The Balaban J connectivity index is 1.65. The topological polar surface area (TPSA) is 24.8 Å². The van der Waals surface area contributed by atoms with E-state index in [2.05, 4.69) is 46.3 Å². The number of hydrogen-bond donors (Lipinski definition) is 0. The summed E-state index contributed by atoms with van der Waals surface area (Å²) in [5.74, 6) is 0. The second kappa shape index (κ2) is 8.42. The number of aliphatic imine (C=N–C) groups is 1. The Morgan fingerprint density at radius 3 is 2.52 bits per heavy atom. The largest absolute Gasteiger partial charge is 0.379 e. The van der Waals surface area contributed by atoms with Crippen LogP contribution in [0, 0.1) is 0 Å². The quantitative estimate of drug-likeness (QED) is 0.782. The van der Waals surface area contributed by atoms with Gasteiger partial charge < -0.3 is 4.74 Å². The van der Waals surface area contributed by atoms with Crippen molar-refractivity contribution < 1.29 is 4.74 Å². The molecule has 2 aromatic rings. The number of nitrogens with zero attached hydrogens (tertiary/aromatic N) is 2. The Morgan fingerprint density at radius 2 is 1.70 bits per heavy atom. The molecule has 3 rings (SSSR count). The van der Waals surface area contributed by atoms with Gasteiger partial charge in [-0.2, -0.15) is 0 Å². The number of allylic oxidation sites excluding steroid dienone is 1. The first-order chi connectivity index (χ1) is 11.4. The lowest BCUT2D eigenvalue weighted by atomic mass is 10.1. The van der Waals surface area contributed by atoms with E-state index in [9.17, 15) is 0 Å². The Hall–Kier alpha value is -2.23. The highest BCUT2D eigenvalue weighted by molar-refractivity contribution is 5.80. The molecule has 0 N–H and O–H groups in total. The van der Waals surface area contributed by atoms with Crippen LogP contribution in [-0.4, -0.2) is 37.4 Å². The molecule has 0 radical (unpaired) electrons. The lowest BCUT2D eigenvalue weighted by molar-refractivity contribution is 0.0342. The molecule has 3 heteroatoms. The average molecular weight is 306 g/mol. The Bertz CT molecular complexity index is 658. The number of benzene rings is 2. The van der Waals surface area contributed by atoms with Crippen LogP contribution in [0.2, 0.25) is 0 Å². The van der Waals surface area contributed by atoms with Crippen molar-refractivity contribution in [1.29, 1.82) is 0 Å². The smallest absolute Gasteiger partial charge is 0.0674 e. The Labute approximate surface area is 137 Å². The molecular formula is C20H22N2O. The fraction of sp³-hybridized carbons (Fsp3) is 0.250. The fourth-order valence-electron chi connectivity index (χ4n) is 2.61. The molecule has 1 saturated heterocycles. The van der Waals surface area contributed by atoms with E-state index in [-0.39, 0.29) is 0 Å². The summed E-state index contributed by atoms with van der Waals surface area (Å²) in [6, 6.07) is 18.6. The molecular weight excluding hydrogens is 284 g/mol. The first kappa shape index (κ1) is 15.7. The summed E-state index contributed by atoms with van der Waals surface area (Å²) < 4.78 is 5.41. The highest BCUT2D eigenvalue weighted by Crippen LogP contribution is 2.20. The van der Waals surface area contributed by atoms with Gasteiger partial charge in [-0.25, -0.2) is 0 Å². The third-order valence-corrected chi connectivity index (χ3v) is 3.88. The second-order valence-electron chi connectivity index (χ2n) is 5.57. The molecule has 0 bridgehead atoms. The van der Waals surface area contributed by atoms with Gasteiger partial charge in [-0.3, -0.25) is 9.89 Å². The number of para-hydroxylation sites is 1. The third-order valence-electron chi connectivity index (χ3n) is 3.88. The van der Waals surface area contributed by atoms with E-state index in [4.69, 9.17) is 4.74 Å². The molecule has 3 nitrogen and oxygen atoms in total. The van der Waals surface area contributed by atoms with Crippen molar-refractivity contribution in [2.45, 2.75) is 6.54 Å². The van der Waals surface area contributed by atoms with E-state index in [1.165, 1.54) is 11.1 Å². The molecule has 0 atom stereocenters. The Kier molecular flexibility index (Phi) is 5.73. The zero-order chi connectivity index (χ0) is 15.7. The number of ether oxygens (including phenoxy) is 1. The van der Waals surface area contributed by atoms with Crippen molar-refractivity contribution in [2.24, 2.45) is 4.99 Å². The van der Waals surface area contributed by atoms with E-state index in [1.54, 1.807) is 0 Å². The van der Waals surface area contributed by atoms with Gasteiger partial charge in [0.25, 0.3) is 0 Å². The molecule has 1 aliphatic heterocycles. The zero-order valence-electron chi connectivity index (χ0n) is 13.3. The van der Waals surface area contributed by atoms with Crippen molar-refractivity contribution in [1.82, 2.24) is 4.90 Å². The van der Waals surface area contributed by atoms with Gasteiger partial charge in [-0.05, 0) is 23.3 Å². The highest BCUT2D eigenvalue weighted by atomic mass is 16.5. The minimum Gasteiger partial charge on any atom is -0.379 e. The highest BCUT2D eigenvalue weighted by Gasteiger charge is 2.12. The van der Waals surface area contributed by atoms with Gasteiger partial charge in [0.05, 0.1) is 18.9 Å². The predicted octanol–water partition coefficient (Wildman–Crippen LogP) is 3.93. The molecule has 1 fully saturated rings. The average Bonchev–Trinajstić information content (AvgIpc) is 2.62. The lowest BCUT2D eigenvalue weighted by Crippen LogP contribution is -2.35. The first-order valence-electron chi connectivity index (χ1n) is 8.05. The van der Waals surface area contributed by atoms with Crippen LogP contribution in [0.5, 0.6) is 0 Å². The lowest BCUT2D eigenvalue weighted by Gasteiger charge is -2.26. The minimum absolute atomic E-state index is 0.825. The standard InChI is InChI=1S/C20H22N2O/c1-2-7-18(8-3-1)9-6-12-21-20-11-5-4-10-19(20)17-22-13-15-23-16-14-22/h1-12H,13-17H2/b9-6+,21-12?. The molecule has 1 aliphatic rings. The van der Waals surface area contributed by atoms with Gasteiger partial charge in [0.15, 0.2) is 0 Å². The van der Waals surface area contributed by atoms with Crippen LogP contribution in [0.25, 0.3) is 6.08 Å². The molecule has 0 aliphatic carbocycles. The van der Waals surface area contributed by atoms with Gasteiger partial charge in [0.2, 0.25) is 0 Å². The van der Waals surface area contributed by atoms with E-state index in [0.29, 0.717) is 0 Å². The molecule has 0 unspecified atom stereocenters. The zero-order valence-corrected chi connectivity index (χ0v) is 13.3. The maximum Gasteiger partial charge on any atom is 0.0674 e. The Morgan fingerprint density at radius 1 is 0.957 bits per heavy atom. The third kappa shape index (κ3) is 4.88. The summed E-state index contributed by atoms with van der Waals surface area (Å²) in [5, 5.41) is 0. The number of hydrogen-bond acceptors (Lipinski definition) is 3.